The topological polar surface area (TPSA) is 117 Å². The highest BCUT2D eigenvalue weighted by Crippen LogP contribution is 2.26. The molecule has 9 heteroatoms. The van der Waals surface area contributed by atoms with E-state index in [2.05, 4.69) is 20.7 Å². The first-order valence-electron chi connectivity index (χ1n) is 5.35. The molecule has 0 bridgehead atoms. The van der Waals surface area contributed by atoms with Crippen molar-refractivity contribution in [2.45, 2.75) is 24.8 Å². The molecule has 1 rings (SSSR count). The lowest BCUT2D eigenvalue weighted by molar-refractivity contribution is 0.0661. The number of carbonyl (C=O) groups is 1. The Morgan fingerprint density at radius 2 is 2.11 bits per heavy atom. The van der Waals surface area contributed by atoms with E-state index in [0.29, 0.717) is 0 Å². The molecule has 0 aliphatic carbocycles. The van der Waals surface area contributed by atoms with Gasteiger partial charge in [-0.2, -0.15) is 0 Å². The van der Waals surface area contributed by atoms with Gasteiger partial charge < -0.3 is 14.6 Å². The van der Waals surface area contributed by atoms with Gasteiger partial charge in [0.15, 0.2) is 4.67 Å². The van der Waals surface area contributed by atoms with E-state index in [0.717, 1.165) is 6.07 Å². The lowest BCUT2D eigenvalue weighted by Gasteiger charge is -2.19. The molecule has 0 aromatic carbocycles. The lowest BCUT2D eigenvalue weighted by Crippen LogP contribution is -2.41. The van der Waals surface area contributed by atoms with Crippen molar-refractivity contribution < 1.29 is 27.8 Å². The van der Waals surface area contributed by atoms with Crippen LogP contribution in [0.25, 0.3) is 0 Å². The fourth-order valence-corrected chi connectivity index (χ4v) is 3.60. The predicted molar refractivity (Wildman–Crippen MR) is 69.4 cm³/mol. The van der Waals surface area contributed by atoms with Gasteiger partial charge in [-0.15, -0.1) is 0 Å². The third-order valence-corrected chi connectivity index (χ3v) is 4.81. The Labute approximate surface area is 118 Å². The Morgan fingerprint density at radius 1 is 1.53 bits per heavy atom. The number of hydrogen-bond donors (Lipinski definition) is 3. The zero-order valence-corrected chi connectivity index (χ0v) is 12.7. The van der Waals surface area contributed by atoms with Gasteiger partial charge in [-0.1, -0.05) is 13.8 Å². The van der Waals surface area contributed by atoms with Gasteiger partial charge in [-0.25, -0.2) is 17.9 Å². The average molecular weight is 356 g/mol. The number of halogens is 1. The molecule has 0 saturated carbocycles. The van der Waals surface area contributed by atoms with E-state index in [4.69, 9.17) is 14.6 Å². The molecule has 7 nitrogen and oxygen atoms in total. The monoisotopic (exact) mass is 355 g/mol. The summed E-state index contributed by atoms with van der Waals surface area (Å²) in [5.41, 5.74) is 0. The molecule has 19 heavy (non-hydrogen) atoms. The number of aromatic carboxylic acids is 1. The van der Waals surface area contributed by atoms with E-state index in [1.165, 1.54) is 0 Å². The van der Waals surface area contributed by atoms with Gasteiger partial charge in [-0.05, 0) is 21.8 Å². The summed E-state index contributed by atoms with van der Waals surface area (Å²) in [5, 5.41) is 17.8. The summed E-state index contributed by atoms with van der Waals surface area (Å²) >= 11 is 2.86. The number of nitrogens with one attached hydrogen (secondary N) is 1. The summed E-state index contributed by atoms with van der Waals surface area (Å²) in [6.07, 6.45) is 0. The Hall–Kier alpha value is -0.900. The number of carboxylic acid groups (broad SMARTS) is 1. The number of furan rings is 1. The van der Waals surface area contributed by atoms with Crippen LogP contribution in [0.5, 0.6) is 0 Å². The van der Waals surface area contributed by atoms with Gasteiger partial charge in [0, 0.05) is 12.1 Å². The maximum Gasteiger partial charge on any atom is 0.371 e. The van der Waals surface area contributed by atoms with Crippen molar-refractivity contribution in [2.24, 2.45) is 5.92 Å². The normalized spacial score (nSPS) is 13.7. The van der Waals surface area contributed by atoms with Crippen LogP contribution in [0, 0.1) is 5.92 Å². The quantitative estimate of drug-likeness (QED) is 0.701. The van der Waals surface area contributed by atoms with E-state index in [1.54, 1.807) is 13.8 Å². The first-order chi connectivity index (χ1) is 8.69. The molecule has 0 fully saturated rings. The third-order valence-electron chi connectivity index (χ3n) is 2.46. The molecule has 0 aliphatic rings. The SMILES string of the molecule is CC(C)C(CO)NS(=O)(=O)c1cc(C(=O)O)oc1Br. The third kappa shape index (κ3) is 3.78. The minimum atomic E-state index is -3.97. The number of sulfonamides is 1. The molecule has 1 aromatic rings. The van der Waals surface area contributed by atoms with E-state index < -0.39 is 27.8 Å². The molecule has 0 amide bonds. The highest BCUT2D eigenvalue weighted by molar-refractivity contribution is 9.10. The average Bonchev–Trinajstić information content (AvgIpc) is 2.68. The summed E-state index contributed by atoms with van der Waals surface area (Å²) in [4.78, 5) is 10.4. The van der Waals surface area contributed by atoms with Crippen molar-refractivity contribution in [3.8, 4) is 0 Å². The van der Waals surface area contributed by atoms with Crippen molar-refractivity contribution in [3.05, 3.63) is 16.5 Å². The van der Waals surface area contributed by atoms with Gasteiger partial charge in [0.05, 0.1) is 6.61 Å². The van der Waals surface area contributed by atoms with Crippen molar-refractivity contribution in [2.75, 3.05) is 6.61 Å². The van der Waals surface area contributed by atoms with Gasteiger partial charge in [0.25, 0.3) is 0 Å². The minimum absolute atomic E-state index is 0.121. The zero-order valence-electron chi connectivity index (χ0n) is 10.3. The predicted octanol–water partition coefficient (Wildman–Crippen LogP) is 1.04. The molecule has 0 radical (unpaired) electrons. The number of carboxylic acids is 1. The van der Waals surface area contributed by atoms with E-state index in [-0.39, 0.29) is 22.1 Å². The van der Waals surface area contributed by atoms with Gasteiger partial charge in [0.1, 0.15) is 4.90 Å². The Kier molecular flexibility index (Phi) is 5.13. The van der Waals surface area contributed by atoms with Crippen LogP contribution in [0.2, 0.25) is 0 Å². The summed E-state index contributed by atoms with van der Waals surface area (Å²) in [5.74, 6) is -1.98. The van der Waals surface area contributed by atoms with Crippen molar-refractivity contribution >= 4 is 31.9 Å². The first-order valence-corrected chi connectivity index (χ1v) is 7.62. The van der Waals surface area contributed by atoms with E-state index in [9.17, 15) is 13.2 Å². The second kappa shape index (κ2) is 6.04. The molecule has 0 aliphatic heterocycles. The first kappa shape index (κ1) is 16.2. The van der Waals surface area contributed by atoms with Crippen LogP contribution in [0.1, 0.15) is 24.4 Å². The Bertz CT molecular complexity index is 565. The van der Waals surface area contributed by atoms with E-state index >= 15 is 0 Å². The fraction of sp³-hybridized carbons (Fsp3) is 0.500. The van der Waals surface area contributed by atoms with Crippen LogP contribution in [-0.2, 0) is 10.0 Å². The van der Waals surface area contributed by atoms with Gasteiger partial charge >= 0.3 is 5.97 Å². The molecule has 1 heterocycles. The molecule has 1 atom stereocenters. The summed E-state index contributed by atoms with van der Waals surface area (Å²) in [6, 6.07) is 0.240. The van der Waals surface area contributed by atoms with Crippen molar-refractivity contribution in [3.63, 3.8) is 0 Å². The fourth-order valence-electron chi connectivity index (χ4n) is 1.29. The van der Waals surface area contributed by atoms with Crippen LogP contribution < -0.4 is 4.72 Å². The van der Waals surface area contributed by atoms with Crippen LogP contribution in [0.4, 0.5) is 0 Å². The molecular formula is C10H14BrNO6S. The summed E-state index contributed by atoms with van der Waals surface area (Å²) in [7, 11) is -3.97. The second-order valence-electron chi connectivity index (χ2n) is 4.21. The van der Waals surface area contributed by atoms with Gasteiger partial charge in [-0.3, -0.25) is 0 Å². The molecule has 0 spiro atoms. The Morgan fingerprint density at radius 3 is 2.47 bits per heavy atom. The maximum atomic E-state index is 12.1. The van der Waals surface area contributed by atoms with E-state index in [1.807, 2.05) is 0 Å². The molecule has 108 valence electrons. The van der Waals surface area contributed by atoms with Crippen LogP contribution in [0.15, 0.2) is 20.0 Å². The molecule has 0 saturated heterocycles. The molecule has 3 N–H and O–H groups in total. The lowest BCUT2D eigenvalue weighted by atomic mass is 10.1. The number of rotatable bonds is 6. The van der Waals surface area contributed by atoms with Crippen molar-refractivity contribution in [1.82, 2.24) is 4.72 Å². The Balaban J connectivity index is 3.10. The highest BCUT2D eigenvalue weighted by Gasteiger charge is 2.28. The molecular weight excluding hydrogens is 342 g/mol. The van der Waals surface area contributed by atoms with Crippen LogP contribution >= 0.6 is 15.9 Å². The van der Waals surface area contributed by atoms with Gasteiger partial charge in [0.2, 0.25) is 15.8 Å². The standard InChI is InChI=1S/C10H14BrNO6S/c1-5(2)6(4-13)12-19(16,17)8-3-7(10(14)15)18-9(8)11/h3,5-6,12-13H,4H2,1-2H3,(H,14,15). The van der Waals surface area contributed by atoms with Crippen molar-refractivity contribution in [1.29, 1.82) is 0 Å². The van der Waals surface area contributed by atoms with Crippen LogP contribution in [-0.4, -0.2) is 37.2 Å². The number of aliphatic hydroxyl groups is 1. The zero-order chi connectivity index (χ0) is 14.8. The smallest absolute Gasteiger partial charge is 0.371 e. The highest BCUT2D eigenvalue weighted by atomic mass is 79.9. The molecule has 1 unspecified atom stereocenters. The summed E-state index contributed by atoms with van der Waals surface area (Å²) < 4.78 is 31.0. The number of hydrogen-bond acceptors (Lipinski definition) is 5. The molecule has 1 aromatic heterocycles. The number of aliphatic hydroxyl groups excluding tert-OH is 1. The summed E-state index contributed by atoms with van der Waals surface area (Å²) in [6.45, 7) is 3.13. The van der Waals surface area contributed by atoms with Crippen LogP contribution in [0.3, 0.4) is 0 Å². The minimum Gasteiger partial charge on any atom is -0.475 e. The largest absolute Gasteiger partial charge is 0.475 e. The maximum absolute atomic E-state index is 12.1. The second-order valence-corrected chi connectivity index (χ2v) is 6.61.